The van der Waals surface area contributed by atoms with Crippen LogP contribution in [-0.2, 0) is 13.0 Å². The molecule has 0 spiro atoms. The van der Waals surface area contributed by atoms with Crippen molar-refractivity contribution in [2.45, 2.75) is 19.9 Å². The summed E-state index contributed by atoms with van der Waals surface area (Å²) in [5.74, 6) is 2.89. The van der Waals surface area contributed by atoms with E-state index >= 15 is 0 Å². The SMILES string of the molecule is COc1ccc(/C=C2\Oc3c4c(cc(C)c3C2=O)OCN(CCc2cccs2)C4)c(OC)c1OC. The molecule has 7 nitrogen and oxygen atoms in total. The summed E-state index contributed by atoms with van der Waals surface area (Å²) in [6, 6.07) is 9.73. The number of ether oxygens (including phenoxy) is 5. The van der Waals surface area contributed by atoms with E-state index in [9.17, 15) is 4.79 Å². The number of carbonyl (C=O) groups excluding carboxylic acids is 1. The number of rotatable bonds is 7. The van der Waals surface area contributed by atoms with Crippen LogP contribution in [0.25, 0.3) is 6.08 Å². The van der Waals surface area contributed by atoms with E-state index in [0.717, 1.165) is 29.8 Å². The molecule has 0 atom stereocenters. The van der Waals surface area contributed by atoms with E-state index in [4.69, 9.17) is 23.7 Å². The van der Waals surface area contributed by atoms with Gasteiger partial charge in [0, 0.05) is 23.5 Å². The Hall–Kier alpha value is -3.49. The highest BCUT2D eigenvalue weighted by molar-refractivity contribution is 7.09. The molecule has 182 valence electrons. The van der Waals surface area contributed by atoms with E-state index in [0.29, 0.717) is 47.4 Å². The summed E-state index contributed by atoms with van der Waals surface area (Å²) in [5.41, 5.74) is 2.97. The first-order valence-electron chi connectivity index (χ1n) is 11.3. The largest absolute Gasteiger partial charge is 0.493 e. The molecule has 35 heavy (non-hydrogen) atoms. The number of hydrogen-bond acceptors (Lipinski definition) is 8. The number of aryl methyl sites for hydroxylation is 1. The number of hydrogen-bond donors (Lipinski definition) is 0. The molecule has 0 bridgehead atoms. The van der Waals surface area contributed by atoms with Gasteiger partial charge in [-0.05, 0) is 54.6 Å². The van der Waals surface area contributed by atoms with E-state index in [-0.39, 0.29) is 11.5 Å². The van der Waals surface area contributed by atoms with Crippen molar-refractivity contribution in [3.05, 3.63) is 68.6 Å². The van der Waals surface area contributed by atoms with Gasteiger partial charge < -0.3 is 23.7 Å². The predicted octanol–water partition coefficient (Wildman–Crippen LogP) is 5.09. The van der Waals surface area contributed by atoms with E-state index in [2.05, 4.69) is 22.4 Å². The fourth-order valence-corrected chi connectivity index (χ4v) is 5.22. The van der Waals surface area contributed by atoms with E-state index in [1.165, 1.54) is 4.88 Å². The van der Waals surface area contributed by atoms with Crippen LogP contribution in [0.1, 0.15) is 31.9 Å². The number of methoxy groups -OCH3 is 3. The molecular weight excluding hydrogens is 466 g/mol. The maximum atomic E-state index is 13.4. The third-order valence-corrected chi connectivity index (χ3v) is 7.20. The minimum atomic E-state index is -0.159. The smallest absolute Gasteiger partial charge is 0.232 e. The first kappa shape index (κ1) is 23.3. The molecule has 0 aliphatic carbocycles. The van der Waals surface area contributed by atoms with Gasteiger partial charge in [-0.3, -0.25) is 9.69 Å². The lowest BCUT2D eigenvalue weighted by Crippen LogP contribution is -2.33. The first-order valence-corrected chi connectivity index (χ1v) is 12.2. The Morgan fingerprint density at radius 2 is 1.94 bits per heavy atom. The van der Waals surface area contributed by atoms with Crippen LogP contribution in [0.4, 0.5) is 0 Å². The van der Waals surface area contributed by atoms with Gasteiger partial charge >= 0.3 is 0 Å². The summed E-state index contributed by atoms with van der Waals surface area (Å²) < 4.78 is 28.7. The molecule has 5 rings (SSSR count). The molecule has 8 heteroatoms. The average Bonchev–Trinajstić information content (AvgIpc) is 3.51. The van der Waals surface area contributed by atoms with Crippen LogP contribution in [0, 0.1) is 6.92 Å². The molecule has 0 amide bonds. The maximum absolute atomic E-state index is 13.4. The highest BCUT2D eigenvalue weighted by Gasteiger charge is 2.35. The van der Waals surface area contributed by atoms with Crippen molar-refractivity contribution in [1.82, 2.24) is 4.90 Å². The van der Waals surface area contributed by atoms with Crippen LogP contribution < -0.4 is 23.7 Å². The number of Topliss-reactive ketones (excluding diaryl/α,β-unsaturated/α-hetero) is 1. The Kier molecular flexibility index (Phi) is 6.40. The van der Waals surface area contributed by atoms with Crippen molar-refractivity contribution in [2.24, 2.45) is 0 Å². The highest BCUT2D eigenvalue weighted by Crippen LogP contribution is 2.45. The van der Waals surface area contributed by atoms with Gasteiger partial charge in [0.1, 0.15) is 18.2 Å². The van der Waals surface area contributed by atoms with Crippen molar-refractivity contribution in [1.29, 1.82) is 0 Å². The normalized spacial score (nSPS) is 15.9. The molecule has 1 aromatic heterocycles. The Morgan fingerprint density at radius 1 is 1.11 bits per heavy atom. The zero-order valence-electron chi connectivity index (χ0n) is 20.2. The van der Waals surface area contributed by atoms with Gasteiger partial charge in [0.2, 0.25) is 11.5 Å². The van der Waals surface area contributed by atoms with Crippen molar-refractivity contribution >= 4 is 23.2 Å². The minimum absolute atomic E-state index is 0.159. The molecule has 2 aromatic carbocycles. The lowest BCUT2D eigenvalue weighted by atomic mass is 9.98. The number of fused-ring (bicyclic) bond motifs is 3. The first-order chi connectivity index (χ1) is 17.0. The predicted molar refractivity (Wildman–Crippen MR) is 134 cm³/mol. The topological polar surface area (TPSA) is 66.5 Å². The summed E-state index contributed by atoms with van der Waals surface area (Å²) in [5, 5.41) is 2.09. The lowest BCUT2D eigenvalue weighted by molar-refractivity contribution is 0.0951. The van der Waals surface area contributed by atoms with Gasteiger partial charge in [0.05, 0.1) is 32.5 Å². The van der Waals surface area contributed by atoms with Crippen LogP contribution >= 0.6 is 11.3 Å². The molecule has 2 aliphatic heterocycles. The summed E-state index contributed by atoms with van der Waals surface area (Å²) in [6.07, 6.45) is 2.64. The Labute approximate surface area is 208 Å². The second kappa shape index (κ2) is 9.64. The molecule has 0 saturated heterocycles. The number of benzene rings is 2. The third kappa shape index (κ3) is 4.24. The Morgan fingerprint density at radius 3 is 2.66 bits per heavy atom. The van der Waals surface area contributed by atoms with E-state index < -0.39 is 0 Å². The molecular formula is C27H27NO6S. The van der Waals surface area contributed by atoms with Gasteiger partial charge in [0.15, 0.2) is 17.3 Å². The number of nitrogens with zero attached hydrogens (tertiary/aromatic N) is 1. The van der Waals surface area contributed by atoms with Crippen LogP contribution in [0.2, 0.25) is 0 Å². The maximum Gasteiger partial charge on any atom is 0.232 e. The monoisotopic (exact) mass is 493 g/mol. The van der Waals surface area contributed by atoms with Gasteiger partial charge in [-0.25, -0.2) is 0 Å². The number of allylic oxidation sites excluding steroid dienone is 1. The molecule has 0 N–H and O–H groups in total. The summed E-state index contributed by atoms with van der Waals surface area (Å²) >= 11 is 1.76. The number of thiophene rings is 1. The Bertz CT molecular complexity index is 1300. The molecule has 0 fully saturated rings. The molecule has 0 unspecified atom stereocenters. The Balaban J connectivity index is 1.46. The zero-order valence-corrected chi connectivity index (χ0v) is 21.0. The molecule has 3 aromatic rings. The molecule has 0 saturated carbocycles. The summed E-state index contributed by atoms with van der Waals surface area (Å²) in [4.78, 5) is 17.0. The number of carbonyl (C=O) groups is 1. The summed E-state index contributed by atoms with van der Waals surface area (Å²) in [7, 11) is 4.66. The van der Waals surface area contributed by atoms with E-state index in [1.807, 2.05) is 19.1 Å². The molecule has 0 radical (unpaired) electrons. The second-order valence-electron chi connectivity index (χ2n) is 8.39. The fraction of sp³-hybridized carbons (Fsp3) is 0.296. The molecule has 2 aliphatic rings. The second-order valence-corrected chi connectivity index (χ2v) is 9.43. The van der Waals surface area contributed by atoms with E-state index in [1.54, 1.807) is 44.8 Å². The lowest BCUT2D eigenvalue weighted by Gasteiger charge is -2.30. The van der Waals surface area contributed by atoms with Crippen molar-refractivity contribution < 1.29 is 28.5 Å². The highest BCUT2D eigenvalue weighted by atomic mass is 32.1. The van der Waals surface area contributed by atoms with Crippen LogP contribution in [0.5, 0.6) is 28.7 Å². The van der Waals surface area contributed by atoms with Gasteiger partial charge in [-0.15, -0.1) is 11.3 Å². The third-order valence-electron chi connectivity index (χ3n) is 6.26. The van der Waals surface area contributed by atoms with Gasteiger partial charge in [-0.2, -0.15) is 0 Å². The average molecular weight is 494 g/mol. The van der Waals surface area contributed by atoms with Crippen LogP contribution in [-0.4, -0.2) is 45.3 Å². The zero-order chi connectivity index (χ0) is 24.5. The standard InChI is InChI=1S/C27H27NO6S/c1-16-12-21-19(14-28(15-33-21)10-9-18-6-5-11-35-18)26-23(16)24(29)22(34-26)13-17-7-8-20(30-2)27(32-4)25(17)31-3/h5-8,11-13H,9-10,14-15H2,1-4H3/b22-13-. The fourth-order valence-electron chi connectivity index (χ4n) is 4.52. The number of ketones is 1. The van der Waals surface area contributed by atoms with Gasteiger partial charge in [0.25, 0.3) is 0 Å². The summed E-state index contributed by atoms with van der Waals surface area (Å²) in [6.45, 7) is 3.94. The van der Waals surface area contributed by atoms with Crippen molar-refractivity contribution in [3.63, 3.8) is 0 Å². The quantitative estimate of drug-likeness (QED) is 0.425. The van der Waals surface area contributed by atoms with Crippen LogP contribution in [0.3, 0.4) is 0 Å². The molecule has 3 heterocycles. The van der Waals surface area contributed by atoms with Crippen LogP contribution in [0.15, 0.2) is 41.5 Å². The van der Waals surface area contributed by atoms with Crippen molar-refractivity contribution in [2.75, 3.05) is 34.6 Å². The van der Waals surface area contributed by atoms with Gasteiger partial charge in [-0.1, -0.05) is 6.07 Å². The van der Waals surface area contributed by atoms with Crippen molar-refractivity contribution in [3.8, 4) is 28.7 Å². The minimum Gasteiger partial charge on any atom is -0.493 e.